The van der Waals surface area contributed by atoms with E-state index in [2.05, 4.69) is 4.72 Å². The summed E-state index contributed by atoms with van der Waals surface area (Å²) in [7, 11) is -5.17. The Morgan fingerprint density at radius 3 is 1.94 bits per heavy atom. The van der Waals surface area contributed by atoms with E-state index in [4.69, 9.17) is 10.0 Å². The molecule has 0 aliphatic rings. The Labute approximate surface area is 102 Å². The Morgan fingerprint density at radius 1 is 1.12 bits per heavy atom. The van der Waals surface area contributed by atoms with Gasteiger partial charge in [0, 0.05) is 5.54 Å². The second-order valence-corrected chi connectivity index (χ2v) is 6.48. The second kappa shape index (κ2) is 4.77. The van der Waals surface area contributed by atoms with Crippen LogP contribution in [-0.2, 0) is 10.0 Å². The fourth-order valence-corrected chi connectivity index (χ4v) is 2.70. The van der Waals surface area contributed by atoms with E-state index in [9.17, 15) is 8.42 Å². The predicted molar refractivity (Wildman–Crippen MR) is 66.3 cm³/mol. The molecule has 0 atom stereocenters. The highest BCUT2D eigenvalue weighted by molar-refractivity contribution is 7.89. The van der Waals surface area contributed by atoms with E-state index in [1.54, 1.807) is 20.8 Å². The van der Waals surface area contributed by atoms with Crippen molar-refractivity contribution in [1.29, 1.82) is 0 Å². The molecule has 0 heterocycles. The van der Waals surface area contributed by atoms with E-state index in [1.165, 1.54) is 24.3 Å². The van der Waals surface area contributed by atoms with Gasteiger partial charge in [-0.3, -0.25) is 0 Å². The monoisotopic (exact) mass is 257 g/mol. The summed E-state index contributed by atoms with van der Waals surface area (Å²) in [4.78, 5) is 0.0943. The molecule has 17 heavy (non-hydrogen) atoms. The minimum Gasteiger partial charge on any atom is -0.423 e. The van der Waals surface area contributed by atoms with Crippen LogP contribution in [0, 0.1) is 0 Å². The molecule has 1 aromatic carbocycles. The Kier molecular flexibility index (Phi) is 3.98. The lowest BCUT2D eigenvalue weighted by atomic mass is 9.81. The normalized spacial score (nSPS) is 12.5. The second-order valence-electron chi connectivity index (χ2n) is 4.80. The quantitative estimate of drug-likeness (QED) is 0.634. The van der Waals surface area contributed by atoms with Crippen LogP contribution in [-0.4, -0.2) is 31.1 Å². The van der Waals surface area contributed by atoms with Crippen LogP contribution in [0.3, 0.4) is 0 Å². The van der Waals surface area contributed by atoms with Gasteiger partial charge in [0.2, 0.25) is 10.0 Å². The van der Waals surface area contributed by atoms with Crippen LogP contribution < -0.4 is 10.2 Å². The van der Waals surface area contributed by atoms with Gasteiger partial charge in [0.1, 0.15) is 0 Å². The first-order valence-corrected chi connectivity index (χ1v) is 6.60. The van der Waals surface area contributed by atoms with Gasteiger partial charge in [0.25, 0.3) is 0 Å². The van der Waals surface area contributed by atoms with E-state index in [0.717, 1.165) is 0 Å². The highest BCUT2D eigenvalue weighted by Gasteiger charge is 2.22. The van der Waals surface area contributed by atoms with Crippen LogP contribution in [0.25, 0.3) is 0 Å². The maximum Gasteiger partial charge on any atom is 0.488 e. The smallest absolute Gasteiger partial charge is 0.423 e. The summed E-state index contributed by atoms with van der Waals surface area (Å²) in [5, 5.41) is 17.8. The van der Waals surface area contributed by atoms with Crippen molar-refractivity contribution < 1.29 is 18.5 Å². The average Bonchev–Trinajstić information content (AvgIpc) is 2.14. The van der Waals surface area contributed by atoms with E-state index >= 15 is 0 Å². The third kappa shape index (κ3) is 4.12. The fourth-order valence-electron chi connectivity index (χ4n) is 1.28. The molecule has 0 fully saturated rings. The summed E-state index contributed by atoms with van der Waals surface area (Å²) < 4.78 is 26.3. The largest absolute Gasteiger partial charge is 0.488 e. The Morgan fingerprint density at radius 2 is 1.59 bits per heavy atom. The van der Waals surface area contributed by atoms with Gasteiger partial charge in [0.15, 0.2) is 0 Å². The number of sulfonamides is 1. The third-order valence-electron chi connectivity index (χ3n) is 1.93. The lowest BCUT2D eigenvalue weighted by molar-refractivity contribution is 0.425. The fraction of sp³-hybridized carbons (Fsp3) is 0.400. The molecule has 0 saturated carbocycles. The first kappa shape index (κ1) is 14.2. The lowest BCUT2D eigenvalue weighted by Gasteiger charge is -2.20. The summed E-state index contributed by atoms with van der Waals surface area (Å²) in [6.45, 7) is 5.24. The number of rotatable bonds is 3. The summed E-state index contributed by atoms with van der Waals surface area (Å²) in [5.41, 5.74) is -0.312. The molecular formula is C10H16BNO4S. The standard InChI is InChI=1S/C10H16BNO4S/c1-10(2,3)12-17(15,16)9-6-4-8(5-7-9)11(13)14/h4-7,12-14H,1-3H3. The van der Waals surface area contributed by atoms with Crippen molar-refractivity contribution in [3.8, 4) is 0 Å². The predicted octanol–water partition coefficient (Wildman–Crippen LogP) is -0.557. The van der Waals surface area contributed by atoms with Gasteiger partial charge in [-0.1, -0.05) is 12.1 Å². The van der Waals surface area contributed by atoms with E-state index in [-0.39, 0.29) is 10.4 Å². The topological polar surface area (TPSA) is 86.6 Å². The highest BCUT2D eigenvalue weighted by atomic mass is 32.2. The molecule has 0 saturated heterocycles. The van der Waals surface area contributed by atoms with Crippen LogP contribution in [0.5, 0.6) is 0 Å². The van der Waals surface area contributed by atoms with Gasteiger partial charge in [-0.05, 0) is 38.4 Å². The lowest BCUT2D eigenvalue weighted by Crippen LogP contribution is -2.40. The van der Waals surface area contributed by atoms with E-state index < -0.39 is 22.7 Å². The molecular weight excluding hydrogens is 241 g/mol. The van der Waals surface area contributed by atoms with Gasteiger partial charge in [-0.2, -0.15) is 0 Å². The molecule has 1 aromatic rings. The van der Waals surface area contributed by atoms with E-state index in [1.807, 2.05) is 0 Å². The van der Waals surface area contributed by atoms with Crippen LogP contribution in [0.4, 0.5) is 0 Å². The van der Waals surface area contributed by atoms with Crippen molar-refractivity contribution in [3.05, 3.63) is 24.3 Å². The Hall–Kier alpha value is -0.885. The highest BCUT2D eigenvalue weighted by Crippen LogP contribution is 2.11. The average molecular weight is 257 g/mol. The summed E-state index contributed by atoms with van der Waals surface area (Å²) in [5.74, 6) is 0. The number of hydrogen-bond donors (Lipinski definition) is 3. The molecule has 0 spiro atoms. The van der Waals surface area contributed by atoms with Crippen molar-refractivity contribution in [1.82, 2.24) is 4.72 Å². The molecule has 0 amide bonds. The Bertz CT molecular complexity index is 476. The number of nitrogens with one attached hydrogen (secondary N) is 1. The molecule has 0 unspecified atom stereocenters. The zero-order valence-corrected chi connectivity index (χ0v) is 10.8. The zero-order chi connectivity index (χ0) is 13.3. The minimum absolute atomic E-state index is 0.0943. The molecule has 0 bridgehead atoms. The molecule has 0 aliphatic heterocycles. The van der Waals surface area contributed by atoms with Crippen LogP contribution in [0.2, 0.25) is 0 Å². The first-order valence-electron chi connectivity index (χ1n) is 5.12. The molecule has 0 aromatic heterocycles. The van der Waals surface area contributed by atoms with Crippen molar-refractivity contribution in [3.63, 3.8) is 0 Å². The number of hydrogen-bond acceptors (Lipinski definition) is 4. The minimum atomic E-state index is -3.57. The van der Waals surface area contributed by atoms with Gasteiger partial charge in [-0.25, -0.2) is 13.1 Å². The third-order valence-corrected chi connectivity index (χ3v) is 3.70. The van der Waals surface area contributed by atoms with Crippen molar-refractivity contribution in [2.24, 2.45) is 0 Å². The van der Waals surface area contributed by atoms with Gasteiger partial charge in [0.05, 0.1) is 4.90 Å². The number of benzene rings is 1. The van der Waals surface area contributed by atoms with Crippen molar-refractivity contribution in [2.45, 2.75) is 31.2 Å². The summed E-state index contributed by atoms with van der Waals surface area (Å²) in [6.07, 6.45) is 0. The SMILES string of the molecule is CC(C)(C)NS(=O)(=O)c1ccc(B(O)O)cc1. The summed E-state index contributed by atoms with van der Waals surface area (Å²) in [6, 6.07) is 5.40. The zero-order valence-electron chi connectivity index (χ0n) is 10.0. The van der Waals surface area contributed by atoms with Crippen LogP contribution in [0.1, 0.15) is 20.8 Å². The van der Waals surface area contributed by atoms with Crippen molar-refractivity contribution in [2.75, 3.05) is 0 Å². The molecule has 5 nitrogen and oxygen atoms in total. The molecule has 0 aliphatic carbocycles. The maximum atomic E-state index is 11.9. The molecule has 94 valence electrons. The first-order chi connectivity index (χ1) is 7.62. The molecule has 3 N–H and O–H groups in total. The Balaban J connectivity index is 3.01. The van der Waals surface area contributed by atoms with Crippen LogP contribution >= 0.6 is 0 Å². The molecule has 0 radical (unpaired) electrons. The van der Waals surface area contributed by atoms with Gasteiger partial charge in [-0.15, -0.1) is 0 Å². The molecule has 7 heteroatoms. The maximum absolute atomic E-state index is 11.9. The van der Waals surface area contributed by atoms with Gasteiger partial charge >= 0.3 is 7.12 Å². The summed E-state index contributed by atoms with van der Waals surface area (Å²) >= 11 is 0. The molecule has 1 rings (SSSR count). The van der Waals surface area contributed by atoms with Crippen molar-refractivity contribution >= 4 is 22.6 Å². The van der Waals surface area contributed by atoms with Gasteiger partial charge < -0.3 is 10.0 Å². The van der Waals surface area contributed by atoms with E-state index in [0.29, 0.717) is 0 Å². The van der Waals surface area contributed by atoms with Crippen LogP contribution in [0.15, 0.2) is 29.2 Å².